The average Bonchev–Trinajstić information content (AvgIpc) is 2.38. The van der Waals surface area contributed by atoms with Crippen LogP contribution in [0, 0.1) is 0 Å². The molecular formula is C18H43NO2Si2. The molecule has 0 radical (unpaired) electrons. The smallest absolute Gasteiger partial charge is 0.334 e. The standard InChI is InChI=1S/C18H43NO2Si2/c1-11-20-22(10,21-12-2)15-13-14-19(9)23(16(3)4,17(5)6)18(7)8/h16-18H,11-15H2,1-10H3. The van der Waals surface area contributed by atoms with E-state index in [0.717, 1.165) is 35.9 Å². The molecule has 5 heteroatoms. The van der Waals surface area contributed by atoms with Gasteiger partial charge >= 0.3 is 8.56 Å². The summed E-state index contributed by atoms with van der Waals surface area (Å²) in [6.07, 6.45) is 1.18. The zero-order valence-electron chi connectivity index (χ0n) is 17.5. The van der Waals surface area contributed by atoms with Crippen molar-refractivity contribution in [2.24, 2.45) is 0 Å². The zero-order valence-corrected chi connectivity index (χ0v) is 19.5. The molecule has 0 aliphatic carbocycles. The first-order valence-electron chi connectivity index (χ1n) is 9.57. The van der Waals surface area contributed by atoms with E-state index in [0.29, 0.717) is 0 Å². The highest BCUT2D eigenvalue weighted by Gasteiger charge is 2.46. The third-order valence-corrected chi connectivity index (χ3v) is 15.6. The SMILES string of the molecule is CCO[Si](C)(CCCN(C)[Si](C(C)C)(C(C)C)C(C)C)OCC. The molecule has 0 saturated carbocycles. The summed E-state index contributed by atoms with van der Waals surface area (Å²) in [4.78, 5) is 0. The molecule has 0 aliphatic rings. The highest BCUT2D eigenvalue weighted by Crippen LogP contribution is 2.43. The molecule has 0 amide bonds. The van der Waals surface area contributed by atoms with Gasteiger partial charge < -0.3 is 13.4 Å². The number of hydrogen-bond donors (Lipinski definition) is 0. The van der Waals surface area contributed by atoms with E-state index in [1.165, 1.54) is 13.0 Å². The van der Waals surface area contributed by atoms with E-state index in [-0.39, 0.29) is 0 Å². The quantitative estimate of drug-likeness (QED) is 0.420. The van der Waals surface area contributed by atoms with Crippen LogP contribution in [0.25, 0.3) is 0 Å². The molecule has 0 N–H and O–H groups in total. The predicted molar refractivity (Wildman–Crippen MR) is 108 cm³/mol. The summed E-state index contributed by atoms with van der Waals surface area (Å²) >= 11 is 0. The lowest BCUT2D eigenvalue weighted by Crippen LogP contribution is -2.58. The van der Waals surface area contributed by atoms with Gasteiger partial charge in [0.25, 0.3) is 0 Å². The van der Waals surface area contributed by atoms with Gasteiger partial charge in [-0.25, -0.2) is 0 Å². The van der Waals surface area contributed by atoms with E-state index < -0.39 is 16.8 Å². The normalized spacial score (nSPS) is 13.8. The van der Waals surface area contributed by atoms with Crippen molar-refractivity contribution in [3.63, 3.8) is 0 Å². The van der Waals surface area contributed by atoms with E-state index in [9.17, 15) is 0 Å². The van der Waals surface area contributed by atoms with Crippen LogP contribution in [0.1, 0.15) is 61.8 Å². The third-order valence-electron chi connectivity index (χ3n) is 5.46. The molecule has 0 atom stereocenters. The van der Waals surface area contributed by atoms with Gasteiger partial charge in [-0.2, -0.15) is 0 Å². The molecule has 3 nitrogen and oxygen atoms in total. The van der Waals surface area contributed by atoms with Crippen LogP contribution in [0.2, 0.25) is 29.2 Å². The van der Waals surface area contributed by atoms with Crippen LogP contribution in [0.4, 0.5) is 0 Å². The van der Waals surface area contributed by atoms with Crippen molar-refractivity contribution in [3.05, 3.63) is 0 Å². The second kappa shape index (κ2) is 10.3. The zero-order chi connectivity index (χ0) is 18.3. The number of nitrogens with zero attached hydrogens (tertiary/aromatic N) is 1. The fraction of sp³-hybridized carbons (Fsp3) is 1.00. The minimum Gasteiger partial charge on any atom is -0.395 e. The van der Waals surface area contributed by atoms with Gasteiger partial charge in [0, 0.05) is 13.2 Å². The minimum atomic E-state index is -1.97. The van der Waals surface area contributed by atoms with Gasteiger partial charge in [-0.15, -0.1) is 0 Å². The van der Waals surface area contributed by atoms with E-state index in [1.54, 1.807) is 0 Å². The third kappa shape index (κ3) is 5.96. The van der Waals surface area contributed by atoms with Crippen LogP contribution in [-0.2, 0) is 8.85 Å². The lowest BCUT2D eigenvalue weighted by atomic mass is 10.5. The maximum absolute atomic E-state index is 5.99. The summed E-state index contributed by atoms with van der Waals surface area (Å²) < 4.78 is 14.7. The summed E-state index contributed by atoms with van der Waals surface area (Å²) in [6.45, 7) is 23.7. The second-order valence-electron chi connectivity index (χ2n) is 7.88. The number of rotatable bonds is 12. The van der Waals surface area contributed by atoms with E-state index in [1.807, 2.05) is 0 Å². The predicted octanol–water partition coefficient (Wildman–Crippen LogP) is 5.63. The molecular weight excluding hydrogens is 318 g/mol. The fourth-order valence-electron chi connectivity index (χ4n) is 4.95. The molecule has 0 spiro atoms. The summed E-state index contributed by atoms with van der Waals surface area (Å²) in [5.74, 6) is 0. The Hall–Kier alpha value is 0.314. The first kappa shape index (κ1) is 23.3. The molecule has 0 aliphatic heterocycles. The Labute approximate surface area is 148 Å². The minimum absolute atomic E-state index is 0.765. The molecule has 140 valence electrons. The molecule has 0 bridgehead atoms. The van der Waals surface area contributed by atoms with Crippen LogP contribution < -0.4 is 0 Å². The molecule has 0 unspecified atom stereocenters. The first-order valence-corrected chi connectivity index (χ1v) is 14.3. The van der Waals surface area contributed by atoms with Gasteiger partial charge in [0.15, 0.2) is 0 Å². The Morgan fingerprint density at radius 1 is 0.826 bits per heavy atom. The van der Waals surface area contributed by atoms with Crippen molar-refractivity contribution in [2.45, 2.75) is 91.0 Å². The van der Waals surface area contributed by atoms with Crippen molar-refractivity contribution >= 4 is 16.8 Å². The van der Waals surface area contributed by atoms with Gasteiger partial charge in [0.05, 0.1) is 0 Å². The highest BCUT2D eigenvalue weighted by atomic mass is 28.4. The Bertz CT molecular complexity index is 294. The van der Waals surface area contributed by atoms with E-state index in [4.69, 9.17) is 8.85 Å². The summed E-state index contributed by atoms with van der Waals surface area (Å²) in [7, 11) is -1.10. The van der Waals surface area contributed by atoms with Gasteiger partial charge in [-0.1, -0.05) is 41.5 Å². The van der Waals surface area contributed by atoms with Crippen molar-refractivity contribution in [1.82, 2.24) is 4.57 Å². The molecule has 0 heterocycles. The summed E-state index contributed by atoms with van der Waals surface area (Å²) in [6, 6.07) is 1.10. The van der Waals surface area contributed by atoms with Crippen molar-refractivity contribution in [2.75, 3.05) is 26.8 Å². The van der Waals surface area contributed by atoms with Gasteiger partial charge in [-0.3, -0.25) is 0 Å². The molecule has 23 heavy (non-hydrogen) atoms. The van der Waals surface area contributed by atoms with Gasteiger partial charge in [-0.05, 0) is 63.1 Å². The average molecular weight is 362 g/mol. The Morgan fingerprint density at radius 2 is 1.22 bits per heavy atom. The molecule has 0 saturated heterocycles. The van der Waals surface area contributed by atoms with Crippen LogP contribution in [-0.4, -0.2) is 48.2 Å². The maximum Gasteiger partial charge on any atom is 0.334 e. The monoisotopic (exact) mass is 361 g/mol. The Morgan fingerprint density at radius 3 is 1.52 bits per heavy atom. The second-order valence-corrected chi connectivity index (χ2v) is 17.2. The van der Waals surface area contributed by atoms with Gasteiger partial charge in [0.2, 0.25) is 0 Å². The van der Waals surface area contributed by atoms with Crippen molar-refractivity contribution in [3.8, 4) is 0 Å². The Balaban J connectivity index is 4.92. The molecule has 0 fully saturated rings. The molecule has 0 rings (SSSR count). The van der Waals surface area contributed by atoms with Crippen LogP contribution in [0.3, 0.4) is 0 Å². The van der Waals surface area contributed by atoms with E-state index in [2.05, 4.69) is 73.6 Å². The van der Waals surface area contributed by atoms with Crippen LogP contribution in [0.5, 0.6) is 0 Å². The van der Waals surface area contributed by atoms with Crippen molar-refractivity contribution in [1.29, 1.82) is 0 Å². The number of hydrogen-bond acceptors (Lipinski definition) is 3. The molecule has 0 aromatic heterocycles. The lowest BCUT2D eigenvalue weighted by molar-refractivity contribution is 0.187. The summed E-state index contributed by atoms with van der Waals surface area (Å²) in [5.41, 5.74) is 2.32. The highest BCUT2D eigenvalue weighted by molar-refractivity contribution is 6.80. The maximum atomic E-state index is 5.99. The van der Waals surface area contributed by atoms with Crippen LogP contribution >= 0.6 is 0 Å². The largest absolute Gasteiger partial charge is 0.395 e. The van der Waals surface area contributed by atoms with E-state index >= 15 is 0 Å². The molecule has 0 aromatic carbocycles. The van der Waals surface area contributed by atoms with Crippen molar-refractivity contribution < 1.29 is 8.85 Å². The Kier molecular flexibility index (Phi) is 10.5. The van der Waals surface area contributed by atoms with Crippen LogP contribution in [0.15, 0.2) is 0 Å². The first-order chi connectivity index (χ1) is 10.6. The lowest BCUT2D eigenvalue weighted by Gasteiger charge is -2.49. The molecule has 0 aromatic rings. The van der Waals surface area contributed by atoms with Gasteiger partial charge in [0.1, 0.15) is 8.24 Å². The fourth-order valence-corrected chi connectivity index (χ4v) is 14.5. The summed E-state index contributed by atoms with van der Waals surface area (Å²) in [5, 5.41) is 0. The topological polar surface area (TPSA) is 21.7 Å².